The van der Waals surface area contributed by atoms with Crippen molar-refractivity contribution in [3.63, 3.8) is 0 Å². The molecule has 110 valence electrons. The molecule has 0 aromatic heterocycles. The van der Waals surface area contributed by atoms with Gasteiger partial charge in [0.05, 0.1) is 18.8 Å². The maximum Gasteiger partial charge on any atom is 0.262 e. The molecule has 1 fully saturated rings. The van der Waals surface area contributed by atoms with Crippen LogP contribution in [0.25, 0.3) is 0 Å². The summed E-state index contributed by atoms with van der Waals surface area (Å²) in [6.45, 7) is 8.98. The van der Waals surface area contributed by atoms with Gasteiger partial charge in [-0.15, -0.1) is 0 Å². The Morgan fingerprint density at radius 2 is 2.20 bits per heavy atom. The smallest absolute Gasteiger partial charge is 0.262 e. The first-order valence-corrected chi connectivity index (χ1v) is 7.01. The van der Waals surface area contributed by atoms with Crippen molar-refractivity contribution in [1.29, 1.82) is 0 Å². The summed E-state index contributed by atoms with van der Waals surface area (Å²) in [7, 11) is 0. The number of morpholine rings is 1. The molecule has 6 nitrogen and oxygen atoms in total. The molecule has 1 rings (SSSR count). The van der Waals surface area contributed by atoms with Gasteiger partial charge in [-0.25, -0.2) is 4.21 Å². The van der Waals surface area contributed by atoms with E-state index in [1.165, 1.54) is 23.4 Å². The minimum atomic E-state index is -2.19. The van der Waals surface area contributed by atoms with E-state index in [9.17, 15) is 13.6 Å². The van der Waals surface area contributed by atoms with Gasteiger partial charge in [0.1, 0.15) is 11.9 Å². The molecule has 0 aromatic rings. The van der Waals surface area contributed by atoms with Gasteiger partial charge in [-0.2, -0.15) is 0 Å². The molecule has 0 saturated carbocycles. The monoisotopic (exact) mass is 298 g/mol. The Bertz CT molecular complexity index is 485. The highest BCUT2D eigenvalue weighted by molar-refractivity contribution is 7.76. The van der Waals surface area contributed by atoms with Crippen molar-refractivity contribution in [2.75, 3.05) is 13.1 Å². The molecule has 1 unspecified atom stereocenters. The van der Waals surface area contributed by atoms with Gasteiger partial charge in [0, 0.05) is 6.92 Å². The molecule has 0 aliphatic carbocycles. The zero-order valence-electron chi connectivity index (χ0n) is 11.2. The average molecular weight is 298 g/mol. The first kappa shape index (κ1) is 16.2. The summed E-state index contributed by atoms with van der Waals surface area (Å²) in [5.74, 6) is 0.218. The Balaban J connectivity index is 3.00. The van der Waals surface area contributed by atoms with Crippen molar-refractivity contribution in [2.24, 2.45) is 0 Å². The van der Waals surface area contributed by atoms with Crippen LogP contribution in [-0.4, -0.2) is 38.2 Å². The zero-order valence-corrected chi connectivity index (χ0v) is 12.1. The van der Waals surface area contributed by atoms with E-state index in [2.05, 4.69) is 18.5 Å². The Morgan fingerprint density at radius 3 is 2.70 bits per heavy atom. The number of nitrogens with zero attached hydrogens (tertiary/aromatic N) is 1. The quantitative estimate of drug-likeness (QED) is 0.745. The van der Waals surface area contributed by atoms with E-state index in [0.717, 1.165) is 0 Å². The third-order valence-electron chi connectivity index (χ3n) is 2.50. The van der Waals surface area contributed by atoms with E-state index >= 15 is 0 Å². The molecule has 1 heterocycles. The fraction of sp³-hybridized carbons (Fsp3) is 0.308. The van der Waals surface area contributed by atoms with Crippen molar-refractivity contribution < 1.29 is 18.3 Å². The Morgan fingerprint density at radius 1 is 1.55 bits per heavy atom. The van der Waals surface area contributed by atoms with Gasteiger partial charge in [-0.3, -0.25) is 13.7 Å². The van der Waals surface area contributed by atoms with Gasteiger partial charge in [-0.1, -0.05) is 25.3 Å². The lowest BCUT2D eigenvalue weighted by molar-refractivity contribution is -0.119. The Labute approximate surface area is 120 Å². The fourth-order valence-corrected chi connectivity index (χ4v) is 2.32. The number of allylic oxidation sites excluding steroid dienone is 4. The lowest BCUT2D eigenvalue weighted by atomic mass is 10.2. The van der Waals surface area contributed by atoms with Crippen molar-refractivity contribution in [3.05, 3.63) is 48.9 Å². The Hall–Kier alpha value is -1.86. The van der Waals surface area contributed by atoms with Gasteiger partial charge in [-0.05, 0) is 12.2 Å². The minimum absolute atomic E-state index is 0.178. The summed E-state index contributed by atoms with van der Waals surface area (Å²) in [6, 6.07) is 0. The highest BCUT2D eigenvalue weighted by atomic mass is 32.2. The average Bonchev–Trinajstić information content (AvgIpc) is 2.38. The van der Waals surface area contributed by atoms with Crippen molar-refractivity contribution >= 4 is 17.2 Å². The maximum absolute atomic E-state index is 11.4. The van der Waals surface area contributed by atoms with Crippen molar-refractivity contribution in [1.82, 2.24) is 9.62 Å². The van der Waals surface area contributed by atoms with Crippen LogP contribution in [0.3, 0.4) is 0 Å². The molecule has 0 bridgehead atoms. The van der Waals surface area contributed by atoms with Gasteiger partial charge < -0.3 is 10.1 Å². The minimum Gasteiger partial charge on any atom is -0.484 e. The van der Waals surface area contributed by atoms with Gasteiger partial charge in [0.25, 0.3) is 11.3 Å². The van der Waals surface area contributed by atoms with Crippen LogP contribution >= 0.6 is 0 Å². The summed E-state index contributed by atoms with van der Waals surface area (Å²) in [5, 5.41) is 2.62. The van der Waals surface area contributed by atoms with Crippen LogP contribution in [0.5, 0.6) is 0 Å². The van der Waals surface area contributed by atoms with Gasteiger partial charge in [0.2, 0.25) is 5.91 Å². The molecule has 1 aliphatic heterocycles. The first-order valence-electron chi connectivity index (χ1n) is 5.95. The summed E-state index contributed by atoms with van der Waals surface area (Å²) >= 11 is -2.19. The van der Waals surface area contributed by atoms with Crippen LogP contribution in [0, 0.1) is 0 Å². The zero-order chi connectivity index (χ0) is 15.1. The van der Waals surface area contributed by atoms with Crippen LogP contribution in [0.1, 0.15) is 6.92 Å². The second kappa shape index (κ2) is 7.66. The topological polar surface area (TPSA) is 78.9 Å². The number of carbonyl (C=O) groups is 1. The van der Waals surface area contributed by atoms with Crippen molar-refractivity contribution in [3.8, 4) is 0 Å². The molecule has 1 aliphatic rings. The molecule has 0 spiro atoms. The van der Waals surface area contributed by atoms with Crippen LogP contribution in [-0.2, 0) is 20.8 Å². The summed E-state index contributed by atoms with van der Waals surface area (Å²) in [5.41, 5.74) is 0.444. The van der Waals surface area contributed by atoms with E-state index in [1.54, 1.807) is 12.2 Å². The van der Waals surface area contributed by atoms with E-state index in [0.29, 0.717) is 11.5 Å². The fourth-order valence-electron chi connectivity index (χ4n) is 1.70. The number of ether oxygens (including phenoxy) is 1. The molecule has 2 N–H and O–H groups in total. The molecule has 1 saturated heterocycles. The second-order valence-electron chi connectivity index (χ2n) is 4.02. The number of hydrogen-bond donors (Lipinski definition) is 2. The van der Waals surface area contributed by atoms with Crippen LogP contribution < -0.4 is 5.32 Å². The first-order chi connectivity index (χ1) is 9.49. The molecule has 0 aromatic carbocycles. The number of amides is 1. The van der Waals surface area contributed by atoms with Crippen LogP contribution in [0.4, 0.5) is 0 Å². The SMILES string of the molecule is C=C/C=C1/O[C@@H](CNC(C)=O)CN(S(=O)O)/C1=C/C=C. The number of rotatable bonds is 5. The van der Waals surface area contributed by atoms with Gasteiger partial charge >= 0.3 is 0 Å². The third-order valence-corrected chi connectivity index (χ3v) is 3.22. The van der Waals surface area contributed by atoms with Gasteiger partial charge in [0.15, 0.2) is 0 Å². The molecule has 0 radical (unpaired) electrons. The predicted molar refractivity (Wildman–Crippen MR) is 77.6 cm³/mol. The molecule has 1 amide bonds. The molecular formula is C13H18N2O4S. The number of hydrogen-bond acceptors (Lipinski definition) is 3. The molecule has 20 heavy (non-hydrogen) atoms. The lowest BCUT2D eigenvalue weighted by Gasteiger charge is -2.35. The summed E-state index contributed by atoms with van der Waals surface area (Å²) < 4.78 is 27.8. The highest BCUT2D eigenvalue weighted by Crippen LogP contribution is 2.26. The normalized spacial score (nSPS) is 24.1. The lowest BCUT2D eigenvalue weighted by Crippen LogP contribution is -2.45. The van der Waals surface area contributed by atoms with E-state index in [1.807, 2.05) is 0 Å². The van der Waals surface area contributed by atoms with E-state index < -0.39 is 17.4 Å². The van der Waals surface area contributed by atoms with E-state index in [4.69, 9.17) is 4.74 Å². The largest absolute Gasteiger partial charge is 0.484 e. The standard InChI is InChI=1S/C13H18N2O4S/c1-4-6-12-13(7-5-2)19-11(8-14-10(3)16)9-15(12)20(17)18/h4-7,11H,1-2,8-9H2,3H3,(H,14,16)(H,17,18)/b12-6+,13-7+/t11-/m0/s1. The summed E-state index contributed by atoms with van der Waals surface area (Å²) in [6.07, 6.45) is 5.77. The predicted octanol–water partition coefficient (Wildman–Crippen LogP) is 1.10. The number of nitrogens with one attached hydrogen (secondary N) is 1. The Kier molecular flexibility index (Phi) is 6.20. The third kappa shape index (κ3) is 4.36. The van der Waals surface area contributed by atoms with E-state index in [-0.39, 0.29) is 19.0 Å². The molecule has 2 atom stereocenters. The van der Waals surface area contributed by atoms with Crippen LogP contribution in [0.15, 0.2) is 48.9 Å². The van der Waals surface area contributed by atoms with Crippen LogP contribution in [0.2, 0.25) is 0 Å². The second-order valence-corrected chi connectivity index (χ2v) is 4.93. The molecular weight excluding hydrogens is 280 g/mol. The number of carbonyl (C=O) groups excluding carboxylic acids is 1. The highest BCUT2D eigenvalue weighted by Gasteiger charge is 2.30. The molecule has 7 heteroatoms. The maximum atomic E-state index is 11.4. The summed E-state index contributed by atoms with van der Waals surface area (Å²) in [4.78, 5) is 10.9. The van der Waals surface area contributed by atoms with Crippen molar-refractivity contribution in [2.45, 2.75) is 13.0 Å².